The molecule has 20 heavy (non-hydrogen) atoms. The summed E-state index contributed by atoms with van der Waals surface area (Å²) < 4.78 is 5.55. The summed E-state index contributed by atoms with van der Waals surface area (Å²) in [6.07, 6.45) is 1.78. The standard InChI is InChI=1S/C15H18N2O3/c1-4-17-14(18)13(16-15(17)19)9-11-5-7-12(8-6-11)20-10(2)3/h5-10H,4H2,1-3H3,(H,16,19)/b13-9+. The van der Waals surface area contributed by atoms with Crippen LogP contribution in [0.3, 0.4) is 0 Å². The van der Waals surface area contributed by atoms with Crippen LogP contribution in [0.15, 0.2) is 30.0 Å². The zero-order valence-corrected chi connectivity index (χ0v) is 11.8. The molecule has 1 aliphatic heterocycles. The summed E-state index contributed by atoms with van der Waals surface area (Å²) in [6.45, 7) is 6.05. The Hall–Kier alpha value is -2.30. The lowest BCUT2D eigenvalue weighted by Gasteiger charge is -2.09. The van der Waals surface area contributed by atoms with Crippen LogP contribution in [0.1, 0.15) is 26.3 Å². The highest BCUT2D eigenvalue weighted by Crippen LogP contribution is 2.17. The normalized spacial score (nSPS) is 17.0. The number of benzene rings is 1. The summed E-state index contributed by atoms with van der Waals surface area (Å²) in [5.74, 6) is 0.485. The molecule has 1 aromatic carbocycles. The summed E-state index contributed by atoms with van der Waals surface area (Å²) in [5, 5.41) is 2.57. The van der Waals surface area contributed by atoms with Crippen molar-refractivity contribution in [3.8, 4) is 5.75 Å². The minimum Gasteiger partial charge on any atom is -0.491 e. The number of hydrogen-bond donors (Lipinski definition) is 1. The topological polar surface area (TPSA) is 58.6 Å². The first-order valence-electron chi connectivity index (χ1n) is 6.62. The van der Waals surface area contributed by atoms with Gasteiger partial charge < -0.3 is 10.1 Å². The quantitative estimate of drug-likeness (QED) is 0.677. The number of amides is 3. The van der Waals surface area contributed by atoms with Crippen molar-refractivity contribution in [2.24, 2.45) is 0 Å². The molecule has 2 rings (SSSR count). The lowest BCUT2D eigenvalue weighted by Crippen LogP contribution is -2.30. The molecule has 1 fully saturated rings. The smallest absolute Gasteiger partial charge is 0.328 e. The first-order chi connectivity index (χ1) is 9.51. The third-order valence-corrected chi connectivity index (χ3v) is 2.84. The zero-order valence-electron chi connectivity index (χ0n) is 11.8. The SMILES string of the molecule is CCN1C(=O)N/C(=C/c2ccc(OC(C)C)cc2)C1=O. The van der Waals surface area contributed by atoms with Crippen LogP contribution in [0.5, 0.6) is 5.75 Å². The average Bonchev–Trinajstić information content (AvgIpc) is 2.66. The third kappa shape index (κ3) is 2.99. The molecule has 0 bridgehead atoms. The zero-order chi connectivity index (χ0) is 14.7. The second kappa shape index (κ2) is 5.77. The maximum absolute atomic E-state index is 11.9. The minimum atomic E-state index is -0.372. The largest absolute Gasteiger partial charge is 0.491 e. The lowest BCUT2D eigenvalue weighted by atomic mass is 10.2. The van der Waals surface area contributed by atoms with Gasteiger partial charge in [-0.05, 0) is 44.5 Å². The number of urea groups is 1. The predicted octanol–water partition coefficient (Wildman–Crippen LogP) is 2.39. The van der Waals surface area contributed by atoms with E-state index in [0.29, 0.717) is 12.2 Å². The van der Waals surface area contributed by atoms with Gasteiger partial charge in [0, 0.05) is 6.54 Å². The van der Waals surface area contributed by atoms with E-state index in [-0.39, 0.29) is 18.0 Å². The number of ether oxygens (including phenoxy) is 1. The van der Waals surface area contributed by atoms with Crippen molar-refractivity contribution < 1.29 is 14.3 Å². The van der Waals surface area contributed by atoms with E-state index in [1.165, 1.54) is 4.90 Å². The first kappa shape index (κ1) is 14.1. The Kier molecular flexibility index (Phi) is 4.08. The fourth-order valence-corrected chi connectivity index (χ4v) is 1.94. The Morgan fingerprint density at radius 3 is 2.40 bits per heavy atom. The second-order valence-corrected chi connectivity index (χ2v) is 4.77. The van der Waals surface area contributed by atoms with E-state index in [1.807, 2.05) is 38.1 Å². The Labute approximate surface area is 118 Å². The van der Waals surface area contributed by atoms with Crippen LogP contribution in [0.4, 0.5) is 4.79 Å². The fraction of sp³-hybridized carbons (Fsp3) is 0.333. The monoisotopic (exact) mass is 274 g/mol. The van der Waals surface area contributed by atoms with Gasteiger partial charge in [0.05, 0.1) is 6.10 Å². The molecular formula is C15H18N2O3. The van der Waals surface area contributed by atoms with Gasteiger partial charge >= 0.3 is 6.03 Å². The van der Waals surface area contributed by atoms with Gasteiger partial charge in [-0.15, -0.1) is 0 Å². The van der Waals surface area contributed by atoms with E-state index in [0.717, 1.165) is 11.3 Å². The lowest BCUT2D eigenvalue weighted by molar-refractivity contribution is -0.122. The van der Waals surface area contributed by atoms with Crippen LogP contribution in [-0.2, 0) is 4.79 Å². The van der Waals surface area contributed by atoms with E-state index >= 15 is 0 Å². The number of rotatable bonds is 4. The van der Waals surface area contributed by atoms with Crippen LogP contribution in [0.2, 0.25) is 0 Å². The van der Waals surface area contributed by atoms with E-state index in [4.69, 9.17) is 4.74 Å². The van der Waals surface area contributed by atoms with Gasteiger partial charge in [-0.2, -0.15) is 0 Å². The molecule has 1 N–H and O–H groups in total. The number of imide groups is 1. The summed E-state index contributed by atoms with van der Waals surface area (Å²) in [5.41, 5.74) is 1.14. The van der Waals surface area contributed by atoms with Crippen LogP contribution in [0, 0.1) is 0 Å². The highest BCUT2D eigenvalue weighted by Gasteiger charge is 2.31. The second-order valence-electron chi connectivity index (χ2n) is 4.77. The third-order valence-electron chi connectivity index (χ3n) is 2.84. The Balaban J connectivity index is 2.15. The van der Waals surface area contributed by atoms with Gasteiger partial charge in [0.2, 0.25) is 0 Å². The predicted molar refractivity (Wildman–Crippen MR) is 76.1 cm³/mol. The molecule has 0 radical (unpaired) electrons. The molecule has 0 aliphatic carbocycles. The maximum atomic E-state index is 11.9. The summed E-state index contributed by atoms with van der Waals surface area (Å²) in [6, 6.07) is 7.00. The van der Waals surface area contributed by atoms with E-state index in [1.54, 1.807) is 13.0 Å². The Morgan fingerprint density at radius 2 is 1.90 bits per heavy atom. The maximum Gasteiger partial charge on any atom is 0.328 e. The van der Waals surface area contributed by atoms with Crippen LogP contribution < -0.4 is 10.1 Å². The van der Waals surface area contributed by atoms with Crippen molar-refractivity contribution >= 4 is 18.0 Å². The first-order valence-corrected chi connectivity index (χ1v) is 6.62. The molecule has 0 saturated carbocycles. The van der Waals surface area contributed by atoms with Crippen molar-refractivity contribution in [2.45, 2.75) is 26.9 Å². The van der Waals surface area contributed by atoms with Crippen LogP contribution in [0.25, 0.3) is 6.08 Å². The average molecular weight is 274 g/mol. The molecule has 0 aromatic heterocycles. The number of nitrogens with one attached hydrogen (secondary N) is 1. The molecule has 0 atom stereocenters. The van der Waals surface area contributed by atoms with Crippen LogP contribution >= 0.6 is 0 Å². The highest BCUT2D eigenvalue weighted by molar-refractivity contribution is 6.13. The van der Waals surface area contributed by atoms with Crippen LogP contribution in [-0.4, -0.2) is 29.5 Å². The molecule has 1 aromatic rings. The minimum absolute atomic E-state index is 0.119. The molecule has 0 unspecified atom stereocenters. The fourth-order valence-electron chi connectivity index (χ4n) is 1.94. The van der Waals surface area contributed by atoms with Gasteiger partial charge in [-0.1, -0.05) is 12.1 Å². The van der Waals surface area contributed by atoms with Crippen molar-refractivity contribution in [3.05, 3.63) is 35.5 Å². The van der Waals surface area contributed by atoms with Gasteiger partial charge in [-0.25, -0.2) is 4.79 Å². The number of hydrogen-bond acceptors (Lipinski definition) is 3. The molecular weight excluding hydrogens is 256 g/mol. The van der Waals surface area contributed by atoms with E-state index in [2.05, 4.69) is 5.32 Å². The molecule has 5 nitrogen and oxygen atoms in total. The van der Waals surface area contributed by atoms with Crippen molar-refractivity contribution in [1.82, 2.24) is 10.2 Å². The Morgan fingerprint density at radius 1 is 1.25 bits per heavy atom. The molecule has 5 heteroatoms. The van der Waals surface area contributed by atoms with E-state index in [9.17, 15) is 9.59 Å². The summed E-state index contributed by atoms with van der Waals surface area (Å²) in [4.78, 5) is 24.6. The highest BCUT2D eigenvalue weighted by atomic mass is 16.5. The van der Waals surface area contributed by atoms with Gasteiger partial charge in [0.1, 0.15) is 11.4 Å². The summed E-state index contributed by atoms with van der Waals surface area (Å²) >= 11 is 0. The van der Waals surface area contributed by atoms with Crippen molar-refractivity contribution in [1.29, 1.82) is 0 Å². The van der Waals surface area contributed by atoms with Gasteiger partial charge in [0.25, 0.3) is 5.91 Å². The number of nitrogens with zero attached hydrogens (tertiary/aromatic N) is 1. The van der Waals surface area contributed by atoms with Gasteiger partial charge in [0.15, 0.2) is 0 Å². The molecule has 1 aliphatic rings. The summed E-state index contributed by atoms with van der Waals surface area (Å²) in [7, 11) is 0. The van der Waals surface area contributed by atoms with E-state index < -0.39 is 0 Å². The molecule has 0 spiro atoms. The van der Waals surface area contributed by atoms with Gasteiger partial charge in [-0.3, -0.25) is 9.69 Å². The Bertz CT molecular complexity index is 547. The molecule has 106 valence electrons. The van der Waals surface area contributed by atoms with Crippen molar-refractivity contribution in [2.75, 3.05) is 6.54 Å². The number of likely N-dealkylation sites (N-methyl/N-ethyl adjacent to an activating group) is 1. The molecule has 3 amide bonds. The number of carbonyl (C=O) groups is 2. The molecule has 1 saturated heterocycles. The van der Waals surface area contributed by atoms with Crippen molar-refractivity contribution in [3.63, 3.8) is 0 Å². The molecule has 1 heterocycles. The number of carbonyl (C=O) groups excluding carboxylic acids is 2.